The summed E-state index contributed by atoms with van der Waals surface area (Å²) < 4.78 is 5.04. The number of nitrogens with zero attached hydrogens (tertiary/aromatic N) is 1. The Morgan fingerprint density at radius 2 is 1.87 bits per heavy atom. The summed E-state index contributed by atoms with van der Waals surface area (Å²) in [6, 6.07) is 5.27. The first-order chi connectivity index (χ1) is 10.6. The number of benzene rings is 1. The topological polar surface area (TPSA) is 122 Å². The number of nitro benzene ring substituents is 1. The van der Waals surface area contributed by atoms with Crippen LogP contribution in [0, 0.1) is 10.1 Å². The number of nitrogens with one attached hydrogen (secondary N) is 1. The number of amides is 1. The minimum atomic E-state index is -1.20. The number of carbonyl (C=O) groups is 1. The number of rotatable bonds is 6. The zero-order valence-corrected chi connectivity index (χ0v) is 13.4. The van der Waals surface area contributed by atoms with Crippen molar-refractivity contribution in [2.75, 3.05) is 6.54 Å². The lowest BCUT2D eigenvalue weighted by Gasteiger charge is -2.21. The van der Waals surface area contributed by atoms with Gasteiger partial charge in [0.1, 0.15) is 11.7 Å². The van der Waals surface area contributed by atoms with E-state index in [1.165, 1.54) is 24.3 Å². The lowest BCUT2D eigenvalue weighted by atomic mass is 10.0. The van der Waals surface area contributed by atoms with Crippen LogP contribution in [0.4, 0.5) is 10.5 Å². The molecule has 23 heavy (non-hydrogen) atoms. The Morgan fingerprint density at radius 1 is 1.30 bits per heavy atom. The summed E-state index contributed by atoms with van der Waals surface area (Å²) in [5.74, 6) is 0. The molecule has 128 valence electrons. The van der Waals surface area contributed by atoms with Gasteiger partial charge in [0.05, 0.1) is 11.0 Å². The molecule has 0 aliphatic rings. The molecule has 0 fully saturated rings. The Labute approximate surface area is 134 Å². The van der Waals surface area contributed by atoms with Gasteiger partial charge in [-0.25, -0.2) is 4.79 Å². The zero-order valence-electron chi connectivity index (χ0n) is 13.4. The van der Waals surface area contributed by atoms with Crippen molar-refractivity contribution >= 4 is 11.8 Å². The van der Waals surface area contributed by atoms with Crippen LogP contribution in [0.25, 0.3) is 0 Å². The minimum Gasteiger partial charge on any atom is -0.444 e. The van der Waals surface area contributed by atoms with E-state index in [1.54, 1.807) is 20.8 Å². The van der Waals surface area contributed by atoms with Crippen LogP contribution in [0.5, 0.6) is 0 Å². The number of aliphatic hydroxyl groups is 2. The van der Waals surface area contributed by atoms with Crippen molar-refractivity contribution in [3.63, 3.8) is 0 Å². The molecule has 0 radical (unpaired) electrons. The van der Waals surface area contributed by atoms with Gasteiger partial charge in [-0.3, -0.25) is 10.1 Å². The number of ether oxygens (including phenoxy) is 1. The highest BCUT2D eigenvalue weighted by atomic mass is 16.6. The monoisotopic (exact) mass is 326 g/mol. The standard InChI is InChI=1S/C15H22N2O6/c1-15(2,3)23-14(20)16-9-8-12(18)13(19)10-4-6-11(7-5-10)17(21)22/h4-7,12-13,18-19H,8-9H2,1-3H3,(H,16,20). The predicted molar refractivity (Wildman–Crippen MR) is 82.9 cm³/mol. The van der Waals surface area contributed by atoms with Crippen molar-refractivity contribution in [3.8, 4) is 0 Å². The third-order valence-corrected chi connectivity index (χ3v) is 2.92. The molecule has 0 spiro atoms. The summed E-state index contributed by atoms with van der Waals surface area (Å²) in [7, 11) is 0. The number of non-ortho nitro benzene ring substituents is 1. The van der Waals surface area contributed by atoms with Crippen molar-refractivity contribution < 1.29 is 24.7 Å². The smallest absolute Gasteiger partial charge is 0.407 e. The minimum absolute atomic E-state index is 0.0953. The van der Waals surface area contributed by atoms with E-state index in [0.29, 0.717) is 5.56 Å². The fourth-order valence-electron chi connectivity index (χ4n) is 1.81. The van der Waals surface area contributed by atoms with E-state index in [4.69, 9.17) is 4.74 Å². The van der Waals surface area contributed by atoms with Crippen LogP contribution < -0.4 is 5.32 Å². The summed E-state index contributed by atoms with van der Waals surface area (Å²) in [6.07, 6.45) is -2.81. The maximum atomic E-state index is 11.4. The summed E-state index contributed by atoms with van der Waals surface area (Å²) in [6.45, 7) is 5.33. The van der Waals surface area contributed by atoms with Gasteiger partial charge in [-0.2, -0.15) is 0 Å². The molecule has 1 aromatic rings. The molecule has 0 saturated carbocycles. The highest BCUT2D eigenvalue weighted by Crippen LogP contribution is 2.21. The number of alkyl carbamates (subject to hydrolysis) is 1. The highest BCUT2D eigenvalue weighted by molar-refractivity contribution is 5.67. The quantitative estimate of drug-likeness (QED) is 0.542. The molecule has 2 atom stereocenters. The number of aliphatic hydroxyl groups excluding tert-OH is 2. The SMILES string of the molecule is CC(C)(C)OC(=O)NCCC(O)C(O)c1ccc([N+](=O)[O-])cc1. The average Bonchev–Trinajstić information content (AvgIpc) is 2.44. The van der Waals surface area contributed by atoms with E-state index in [-0.39, 0.29) is 18.7 Å². The molecular weight excluding hydrogens is 304 g/mol. The molecule has 1 amide bonds. The number of nitro groups is 1. The van der Waals surface area contributed by atoms with Crippen LogP contribution in [0.2, 0.25) is 0 Å². The summed E-state index contributed by atoms with van der Waals surface area (Å²) >= 11 is 0. The molecule has 1 aromatic carbocycles. The van der Waals surface area contributed by atoms with Crippen LogP contribution in [0.3, 0.4) is 0 Å². The Kier molecular flexibility index (Phi) is 6.47. The van der Waals surface area contributed by atoms with Gasteiger partial charge in [0.25, 0.3) is 5.69 Å². The predicted octanol–water partition coefficient (Wildman–Crippen LogP) is 1.90. The lowest BCUT2D eigenvalue weighted by Crippen LogP contribution is -2.34. The molecule has 8 nitrogen and oxygen atoms in total. The van der Waals surface area contributed by atoms with Crippen LogP contribution in [0.1, 0.15) is 38.9 Å². The number of hydrogen-bond acceptors (Lipinski definition) is 6. The van der Waals surface area contributed by atoms with Crippen LogP contribution in [-0.2, 0) is 4.74 Å². The summed E-state index contributed by atoms with van der Waals surface area (Å²) in [5.41, 5.74) is -0.344. The molecule has 0 heterocycles. The van der Waals surface area contributed by atoms with Crippen molar-refractivity contribution in [1.82, 2.24) is 5.32 Å². The summed E-state index contributed by atoms with van der Waals surface area (Å²) in [4.78, 5) is 21.5. The Bertz CT molecular complexity index is 538. The highest BCUT2D eigenvalue weighted by Gasteiger charge is 2.20. The fraction of sp³-hybridized carbons (Fsp3) is 0.533. The van der Waals surface area contributed by atoms with Gasteiger partial charge in [-0.1, -0.05) is 0 Å². The van der Waals surface area contributed by atoms with E-state index in [0.717, 1.165) is 0 Å². The van der Waals surface area contributed by atoms with E-state index in [1.807, 2.05) is 0 Å². The lowest BCUT2D eigenvalue weighted by molar-refractivity contribution is -0.384. The second kappa shape index (κ2) is 7.89. The van der Waals surface area contributed by atoms with Crippen LogP contribution in [-0.4, -0.2) is 39.5 Å². The van der Waals surface area contributed by atoms with Gasteiger partial charge >= 0.3 is 6.09 Å². The molecule has 0 saturated heterocycles. The molecule has 2 unspecified atom stereocenters. The summed E-state index contributed by atoms with van der Waals surface area (Å²) in [5, 5.41) is 33.0. The van der Waals surface area contributed by atoms with Crippen molar-refractivity contribution in [2.45, 2.75) is 45.0 Å². The molecule has 0 bridgehead atoms. The number of carbonyl (C=O) groups excluding carboxylic acids is 1. The molecule has 8 heteroatoms. The van der Waals surface area contributed by atoms with Gasteiger partial charge in [-0.15, -0.1) is 0 Å². The maximum Gasteiger partial charge on any atom is 0.407 e. The van der Waals surface area contributed by atoms with Crippen LogP contribution >= 0.6 is 0 Å². The first-order valence-corrected chi connectivity index (χ1v) is 7.17. The molecule has 0 aliphatic carbocycles. The van der Waals surface area contributed by atoms with Crippen molar-refractivity contribution in [3.05, 3.63) is 39.9 Å². The normalized spacial score (nSPS) is 14.0. The van der Waals surface area contributed by atoms with E-state index >= 15 is 0 Å². The zero-order chi connectivity index (χ0) is 17.6. The van der Waals surface area contributed by atoms with Gasteiger partial charge in [-0.05, 0) is 44.9 Å². The van der Waals surface area contributed by atoms with Crippen molar-refractivity contribution in [1.29, 1.82) is 0 Å². The van der Waals surface area contributed by atoms with Crippen molar-refractivity contribution in [2.24, 2.45) is 0 Å². The third-order valence-electron chi connectivity index (χ3n) is 2.92. The molecule has 1 rings (SSSR count). The Balaban J connectivity index is 2.46. The van der Waals surface area contributed by atoms with Gasteiger partial charge in [0.15, 0.2) is 0 Å². The van der Waals surface area contributed by atoms with E-state index < -0.39 is 28.8 Å². The van der Waals surface area contributed by atoms with E-state index in [2.05, 4.69) is 5.32 Å². The molecule has 0 aromatic heterocycles. The van der Waals surface area contributed by atoms with Gasteiger partial charge in [0, 0.05) is 18.7 Å². The second-order valence-electron chi connectivity index (χ2n) is 6.08. The molecule has 0 aliphatic heterocycles. The average molecular weight is 326 g/mol. The van der Waals surface area contributed by atoms with E-state index in [9.17, 15) is 25.1 Å². The number of hydrogen-bond donors (Lipinski definition) is 3. The molecular formula is C15H22N2O6. The largest absolute Gasteiger partial charge is 0.444 e. The third kappa shape index (κ3) is 6.62. The first kappa shape index (κ1) is 18.9. The Hall–Kier alpha value is -2.19. The van der Waals surface area contributed by atoms with Gasteiger partial charge < -0.3 is 20.3 Å². The van der Waals surface area contributed by atoms with Crippen LogP contribution in [0.15, 0.2) is 24.3 Å². The maximum absolute atomic E-state index is 11.4. The fourth-order valence-corrected chi connectivity index (χ4v) is 1.81. The second-order valence-corrected chi connectivity index (χ2v) is 6.08. The van der Waals surface area contributed by atoms with Gasteiger partial charge in [0.2, 0.25) is 0 Å². The molecule has 3 N–H and O–H groups in total. The first-order valence-electron chi connectivity index (χ1n) is 7.17. The Morgan fingerprint density at radius 3 is 2.35 bits per heavy atom.